The molecular formula is C5H4Cl3NO. The average molecular weight is 200 g/mol. The second kappa shape index (κ2) is 2.62. The quantitative estimate of drug-likeness (QED) is 0.461. The first-order chi connectivity index (χ1) is 4.52. The number of alkyl halides is 1. The maximum atomic E-state index is 9.11. The molecule has 1 atom stereocenters. The minimum atomic E-state index is -1.69. The van der Waals surface area contributed by atoms with E-state index in [1.165, 1.54) is 12.3 Å². The fourth-order valence-electron chi connectivity index (χ4n) is 0.492. The van der Waals surface area contributed by atoms with Gasteiger partial charge in [-0.15, -0.1) is 0 Å². The fourth-order valence-corrected chi connectivity index (χ4v) is 0.993. The van der Waals surface area contributed by atoms with Crippen LogP contribution in [0.15, 0.2) is 22.3 Å². The molecule has 2 N–H and O–H groups in total. The molecule has 0 radical (unpaired) electrons. The maximum absolute atomic E-state index is 9.11. The van der Waals surface area contributed by atoms with Crippen LogP contribution < -0.4 is 5.32 Å². The zero-order valence-electron chi connectivity index (χ0n) is 4.74. The largest absolute Gasteiger partial charge is 0.354 e. The molecule has 0 saturated carbocycles. The van der Waals surface area contributed by atoms with Crippen molar-refractivity contribution in [2.45, 2.75) is 5.18 Å². The lowest BCUT2D eigenvalue weighted by molar-refractivity contribution is 0.151. The van der Waals surface area contributed by atoms with E-state index >= 15 is 0 Å². The number of aliphatic hydroxyl groups is 1. The molecule has 0 bridgehead atoms. The molecule has 56 valence electrons. The highest BCUT2D eigenvalue weighted by Crippen LogP contribution is 2.28. The van der Waals surface area contributed by atoms with Crippen molar-refractivity contribution in [3.05, 3.63) is 22.3 Å². The Hall–Kier alpha value is 0.110. The lowest BCUT2D eigenvalue weighted by atomic mass is 10.3. The summed E-state index contributed by atoms with van der Waals surface area (Å²) in [6.07, 6.45) is 2.73. The van der Waals surface area contributed by atoms with Gasteiger partial charge in [0.2, 0.25) is 0 Å². The molecule has 0 fully saturated rings. The Bertz CT molecular complexity index is 209. The van der Waals surface area contributed by atoms with Gasteiger partial charge in [0.1, 0.15) is 0 Å². The van der Waals surface area contributed by atoms with Gasteiger partial charge in [-0.2, -0.15) is 0 Å². The maximum Gasteiger partial charge on any atom is 0.252 e. The monoisotopic (exact) mass is 199 g/mol. The number of dihydropyridines is 1. The van der Waals surface area contributed by atoms with Gasteiger partial charge in [0, 0.05) is 6.20 Å². The van der Waals surface area contributed by atoms with E-state index in [1.54, 1.807) is 0 Å². The van der Waals surface area contributed by atoms with E-state index in [-0.39, 0.29) is 5.03 Å². The van der Waals surface area contributed by atoms with Gasteiger partial charge in [-0.1, -0.05) is 34.8 Å². The van der Waals surface area contributed by atoms with Crippen LogP contribution >= 0.6 is 34.8 Å². The first kappa shape index (κ1) is 8.21. The molecule has 0 amide bonds. The Morgan fingerprint density at radius 1 is 1.50 bits per heavy atom. The van der Waals surface area contributed by atoms with Crippen molar-refractivity contribution in [1.29, 1.82) is 0 Å². The fraction of sp³-hybridized carbons (Fsp3) is 0.200. The number of nitrogens with one attached hydrogen (secondary N) is 1. The summed E-state index contributed by atoms with van der Waals surface area (Å²) in [5.74, 6) is 0. The molecule has 0 aromatic heterocycles. The summed E-state index contributed by atoms with van der Waals surface area (Å²) in [6, 6.07) is 0. The van der Waals surface area contributed by atoms with Gasteiger partial charge in [-0.05, 0) is 6.08 Å². The molecule has 0 spiro atoms. The van der Waals surface area contributed by atoms with E-state index in [0.717, 1.165) is 0 Å². The molecular weight excluding hydrogens is 196 g/mol. The van der Waals surface area contributed by atoms with Gasteiger partial charge in [0.05, 0.1) is 10.1 Å². The van der Waals surface area contributed by atoms with Crippen molar-refractivity contribution in [3.8, 4) is 0 Å². The summed E-state index contributed by atoms with van der Waals surface area (Å²) in [7, 11) is 0. The first-order valence-corrected chi connectivity index (χ1v) is 3.58. The van der Waals surface area contributed by atoms with Crippen LogP contribution in [0.2, 0.25) is 0 Å². The molecule has 1 aliphatic rings. The Labute approximate surface area is 73.1 Å². The second-order valence-electron chi connectivity index (χ2n) is 1.79. The normalized spacial score (nSPS) is 32.4. The lowest BCUT2D eigenvalue weighted by Crippen LogP contribution is -2.38. The van der Waals surface area contributed by atoms with Gasteiger partial charge >= 0.3 is 0 Å². The third-order valence-electron chi connectivity index (χ3n) is 0.982. The van der Waals surface area contributed by atoms with Gasteiger partial charge in [0.15, 0.2) is 0 Å². The Morgan fingerprint density at radius 2 is 2.10 bits per heavy atom. The highest BCUT2D eigenvalue weighted by atomic mass is 35.5. The van der Waals surface area contributed by atoms with E-state index in [1.807, 2.05) is 0 Å². The number of hydrogen-bond donors (Lipinski definition) is 2. The summed E-state index contributed by atoms with van der Waals surface area (Å²) >= 11 is 16.4. The van der Waals surface area contributed by atoms with E-state index in [9.17, 15) is 0 Å². The van der Waals surface area contributed by atoms with Crippen LogP contribution in [0.3, 0.4) is 0 Å². The van der Waals surface area contributed by atoms with Gasteiger partial charge < -0.3 is 10.4 Å². The Balaban J connectivity index is 2.88. The number of halogens is 3. The molecule has 0 aromatic rings. The third-order valence-corrected chi connectivity index (χ3v) is 1.99. The highest BCUT2D eigenvalue weighted by Gasteiger charge is 2.28. The van der Waals surface area contributed by atoms with Crippen LogP contribution in [-0.2, 0) is 0 Å². The van der Waals surface area contributed by atoms with E-state index in [4.69, 9.17) is 39.9 Å². The smallest absolute Gasteiger partial charge is 0.252 e. The summed E-state index contributed by atoms with van der Waals surface area (Å²) in [5, 5.41) is 10.3. The van der Waals surface area contributed by atoms with Crippen molar-refractivity contribution in [2.75, 3.05) is 0 Å². The van der Waals surface area contributed by atoms with Crippen molar-refractivity contribution in [1.82, 2.24) is 5.32 Å². The van der Waals surface area contributed by atoms with Crippen LogP contribution in [0, 0.1) is 0 Å². The predicted octanol–water partition coefficient (Wildman–Crippen LogP) is 1.68. The lowest BCUT2D eigenvalue weighted by Gasteiger charge is -2.23. The third kappa shape index (κ3) is 1.58. The van der Waals surface area contributed by atoms with E-state index < -0.39 is 5.18 Å². The van der Waals surface area contributed by atoms with Gasteiger partial charge in [-0.3, -0.25) is 0 Å². The number of rotatable bonds is 0. The van der Waals surface area contributed by atoms with E-state index in [2.05, 4.69) is 5.32 Å². The van der Waals surface area contributed by atoms with Crippen LogP contribution in [0.25, 0.3) is 0 Å². The number of hydrogen-bond acceptors (Lipinski definition) is 2. The summed E-state index contributed by atoms with van der Waals surface area (Å²) < 4.78 is 0. The first-order valence-electron chi connectivity index (χ1n) is 2.45. The van der Waals surface area contributed by atoms with Crippen molar-refractivity contribution < 1.29 is 5.11 Å². The summed E-state index contributed by atoms with van der Waals surface area (Å²) in [5.41, 5.74) is 0. The molecule has 1 heterocycles. The van der Waals surface area contributed by atoms with Crippen LogP contribution in [-0.4, -0.2) is 10.3 Å². The van der Waals surface area contributed by atoms with Crippen LogP contribution in [0.1, 0.15) is 0 Å². The molecule has 10 heavy (non-hydrogen) atoms. The predicted molar refractivity (Wildman–Crippen MR) is 41.8 cm³/mol. The SMILES string of the molecule is OC1(Cl)NC=C(Cl)C=C1Cl. The van der Waals surface area contributed by atoms with E-state index in [0.29, 0.717) is 5.03 Å². The van der Waals surface area contributed by atoms with Gasteiger partial charge in [-0.25, -0.2) is 0 Å². The Morgan fingerprint density at radius 3 is 2.50 bits per heavy atom. The summed E-state index contributed by atoms with van der Waals surface area (Å²) in [6.45, 7) is 0. The van der Waals surface area contributed by atoms with Crippen molar-refractivity contribution >= 4 is 34.8 Å². The minimum Gasteiger partial charge on any atom is -0.354 e. The van der Waals surface area contributed by atoms with Gasteiger partial charge in [0.25, 0.3) is 5.18 Å². The Kier molecular flexibility index (Phi) is 2.15. The molecule has 1 aliphatic heterocycles. The topological polar surface area (TPSA) is 32.3 Å². The summed E-state index contributed by atoms with van der Waals surface area (Å²) in [4.78, 5) is 0. The molecule has 1 rings (SSSR count). The zero-order valence-corrected chi connectivity index (χ0v) is 7.00. The molecule has 1 unspecified atom stereocenters. The molecule has 2 nitrogen and oxygen atoms in total. The molecule has 0 saturated heterocycles. The van der Waals surface area contributed by atoms with Crippen LogP contribution in [0.4, 0.5) is 0 Å². The molecule has 0 aromatic carbocycles. The average Bonchev–Trinajstić information content (AvgIpc) is 1.81. The highest BCUT2D eigenvalue weighted by molar-refractivity contribution is 6.40. The second-order valence-corrected chi connectivity index (χ2v) is 3.18. The van der Waals surface area contributed by atoms with Crippen LogP contribution in [0.5, 0.6) is 0 Å². The molecule has 5 heteroatoms. The number of allylic oxidation sites excluding steroid dienone is 2. The minimum absolute atomic E-state index is 0.0571. The standard InChI is InChI=1S/C5H4Cl3NO/c6-3-1-4(7)5(8,10)9-2-3/h1-2,9-10H. The van der Waals surface area contributed by atoms with Crippen molar-refractivity contribution in [3.63, 3.8) is 0 Å². The molecule has 0 aliphatic carbocycles. The van der Waals surface area contributed by atoms with Crippen molar-refractivity contribution in [2.24, 2.45) is 0 Å². The zero-order chi connectivity index (χ0) is 7.78.